The van der Waals surface area contributed by atoms with Crippen LogP contribution >= 0.6 is 0 Å². The van der Waals surface area contributed by atoms with Crippen molar-refractivity contribution in [1.82, 2.24) is 0 Å². The molecule has 0 radical (unpaired) electrons. The first-order valence-electron chi connectivity index (χ1n) is 3.33. The van der Waals surface area contributed by atoms with E-state index in [1.165, 1.54) is 0 Å². The quantitative estimate of drug-likeness (QED) is 0.217. The smallest absolute Gasteiger partial charge is 4.00 e. The predicted molar refractivity (Wildman–Crippen MR) is 25.7 cm³/mol. The third-order valence-corrected chi connectivity index (χ3v) is 0. The minimum atomic E-state index is -5.75. The Morgan fingerprint density at radius 3 is 0.243 bits per heavy atom. The third kappa shape index (κ3) is 4590. The molecule has 37 heteroatoms. The zero-order valence-electron chi connectivity index (χ0n) is 15.9. The van der Waals surface area contributed by atoms with Crippen LogP contribution in [0.4, 0.5) is 0 Å². The van der Waals surface area contributed by atoms with E-state index in [2.05, 4.69) is 0 Å². The van der Waals surface area contributed by atoms with Crippen LogP contribution in [0, 0.1) is 0 Å². The van der Waals surface area contributed by atoms with Crippen molar-refractivity contribution in [1.29, 1.82) is 0 Å². The van der Waals surface area contributed by atoms with E-state index in [4.69, 9.17) is 79.6 Å². The minimum absolute atomic E-state index is 0. The Kier molecular flexibility index (Phi) is 161. The predicted octanol–water partition coefficient (Wildman–Crippen LogP) is -15.8. The van der Waals surface area contributed by atoms with Crippen LogP contribution in [0.5, 0.6) is 0 Å². The average molecular weight is 1080 g/mol. The molecule has 0 aliphatic carbocycles. The Labute approximate surface area is 292 Å². The summed E-state index contributed by atoms with van der Waals surface area (Å²) in [4.78, 5) is 0. The summed E-state index contributed by atoms with van der Waals surface area (Å²) >= 11 is -28.8. The third-order valence-electron chi connectivity index (χ3n) is 0. The van der Waals surface area contributed by atoms with Crippen molar-refractivity contribution < 1.29 is 296 Å². The van der Waals surface area contributed by atoms with Crippen LogP contribution in [0.25, 0.3) is 0 Å². The molecule has 0 amide bonds. The van der Waals surface area contributed by atoms with Crippen LogP contribution in [0.3, 0.4) is 0 Å². The van der Waals surface area contributed by atoms with Crippen LogP contribution in [0.1, 0.15) is 0 Å². The molecule has 0 aromatic rings. The summed E-state index contributed by atoms with van der Waals surface area (Å²) < 4.78 is 172. The second-order valence-electron chi connectivity index (χ2n) is 2.04. The molecule has 0 fully saturated rings. The van der Waals surface area contributed by atoms with E-state index in [9.17, 15) is 0 Å². The Bertz CT molecular complexity index is 629. The molecule has 0 heterocycles. The first-order chi connectivity index (χ1) is 10.0. The van der Waals surface area contributed by atoms with Gasteiger partial charge in [-0.2, -0.15) is 0 Å². The zero-order chi connectivity index (χ0) is 22.5. The van der Waals surface area contributed by atoms with E-state index in [0.717, 1.165) is 0 Å². The second kappa shape index (κ2) is 52.1. The molecule has 28 nitrogen and oxygen atoms in total. The van der Waals surface area contributed by atoms with Gasteiger partial charge in [-0.25, -0.2) is 0 Å². The monoisotopic (exact) mass is 1080 g/mol. The van der Waals surface area contributed by atoms with Gasteiger partial charge in [0.2, 0.25) is 0 Å². The fourth-order valence-electron chi connectivity index (χ4n) is 0. The standard InChI is InChI=1S/5Cr.8H2O.20O.4Zr/h;;;;;8*1H2;;;;;;;;;;;;;;;;;;;;;;;;/q;;;;;;;;;;;;;;;;;;;;;;;10*-1;4*+4/p-6. The maximum Gasteiger partial charge on any atom is 4.00 e. The van der Waals surface area contributed by atoms with Crippen LogP contribution in [0.2, 0.25) is 0 Å². The van der Waals surface area contributed by atoms with Crippen molar-refractivity contribution in [3.8, 4) is 0 Å². The first kappa shape index (κ1) is 114. The number of hydrogen-bond donors (Lipinski definition) is 0. The Hall–Kier alpha value is 3.47. The van der Waals surface area contributed by atoms with Crippen LogP contribution in [-0.2, 0) is 211 Å². The van der Waals surface area contributed by atoms with E-state index in [1.807, 2.05) is 0 Å². The van der Waals surface area contributed by atoms with Gasteiger partial charge in [-0.15, -0.1) is 0 Å². The molecule has 0 aliphatic rings. The van der Waals surface area contributed by atoms with E-state index in [0.29, 0.717) is 0 Å². The van der Waals surface area contributed by atoms with Gasteiger partial charge in [0, 0.05) is 0 Å². The molecule has 224 valence electrons. The second-order valence-corrected chi connectivity index (χ2v) is 8.42. The minimum Gasteiger partial charge on any atom is 4.00 e. The summed E-state index contributed by atoms with van der Waals surface area (Å²) in [6.07, 6.45) is 0. The molecular weight excluding hydrogens is 1070 g/mol. The Morgan fingerprint density at radius 1 is 0.243 bits per heavy atom. The molecule has 0 unspecified atom stereocenters. The fraction of sp³-hybridized carbons (Fsp3) is 0. The van der Waals surface area contributed by atoms with Gasteiger partial charge in [0.25, 0.3) is 0 Å². The van der Waals surface area contributed by atoms with Crippen molar-refractivity contribution in [2.24, 2.45) is 0 Å². The van der Waals surface area contributed by atoms with Crippen LogP contribution in [0.15, 0.2) is 0 Å². The average Bonchev–Trinajstić information content (AvgIpc) is 1.79. The molecule has 0 saturated heterocycles. The summed E-state index contributed by atoms with van der Waals surface area (Å²) in [5.74, 6) is 0. The molecule has 0 rings (SSSR count). The van der Waals surface area contributed by atoms with Gasteiger partial charge in [0.15, 0.2) is 0 Å². The van der Waals surface area contributed by atoms with Gasteiger partial charge in [-0.05, 0) is 0 Å². The molecule has 0 saturated carbocycles. The Morgan fingerprint density at radius 2 is 0.243 bits per heavy atom. The van der Waals surface area contributed by atoms with E-state index in [1.54, 1.807) is 0 Å². The summed E-state index contributed by atoms with van der Waals surface area (Å²) in [6.45, 7) is 0. The molecular formula is H10Cr5O28Zr4. The molecule has 0 aliphatic heterocycles. The molecule has 10 N–H and O–H groups in total. The first-order valence-corrected chi connectivity index (χ1v) is 13.7. The van der Waals surface area contributed by atoms with Crippen LogP contribution in [-0.4, -0.2) is 43.8 Å². The summed E-state index contributed by atoms with van der Waals surface area (Å²) in [5, 5.41) is 0. The molecule has 0 atom stereocenters. The number of hydrogen-bond acceptors (Lipinski definition) is 26. The molecule has 0 spiro atoms. The summed E-state index contributed by atoms with van der Waals surface area (Å²) in [6, 6.07) is 0. The van der Waals surface area contributed by atoms with E-state index in [-0.39, 0.29) is 149 Å². The van der Waals surface area contributed by atoms with E-state index < -0.39 is 68.1 Å². The molecule has 0 aromatic carbocycles. The van der Waals surface area contributed by atoms with Gasteiger partial charge < -0.3 is 43.8 Å². The molecule has 37 heavy (non-hydrogen) atoms. The zero-order valence-corrected chi connectivity index (χ0v) is 32.1. The number of rotatable bonds is 0. The maximum absolute atomic E-state index is 8.59. The largest absolute Gasteiger partial charge is 4.00 e. The van der Waals surface area contributed by atoms with Gasteiger partial charge in [0.05, 0.1) is 0 Å². The van der Waals surface area contributed by atoms with Gasteiger partial charge in [0.1, 0.15) is 0 Å². The van der Waals surface area contributed by atoms with Crippen molar-refractivity contribution >= 4 is 0 Å². The normalized spacial score (nSPS) is 7.84. The van der Waals surface area contributed by atoms with Gasteiger partial charge >= 0.3 is 252 Å². The van der Waals surface area contributed by atoms with E-state index >= 15 is 0 Å². The van der Waals surface area contributed by atoms with Crippen molar-refractivity contribution in [3.05, 3.63) is 0 Å². The van der Waals surface area contributed by atoms with Gasteiger partial charge in [-0.1, -0.05) is 0 Å². The molecule has 0 bridgehead atoms. The summed E-state index contributed by atoms with van der Waals surface area (Å²) in [5.41, 5.74) is 0. The SMILES string of the molecule is O.O.[OH-].[OH-].[OH-].[OH-].[OH-].[OH-].[O]=[Cr](=[O])([O-])[O-].[O]=[Cr](=[O])([O-])[O-].[O]=[Cr](=[O])([O-])[O-].[O]=[Cr](=[O])([O-])[O-].[O]=[Cr](=[O])([O-])[O-].[Zr+4].[Zr+4].[Zr+4].[Zr+4]. The maximum atomic E-state index is 8.59. The van der Waals surface area contributed by atoms with Gasteiger partial charge in [-0.3, -0.25) is 0 Å². The Balaban J connectivity index is -0.00000000833. The molecule has 0 aromatic heterocycles. The topological polar surface area (TPSA) is 644 Å². The summed E-state index contributed by atoms with van der Waals surface area (Å²) in [7, 11) is 0. The van der Waals surface area contributed by atoms with Crippen molar-refractivity contribution in [2.45, 2.75) is 0 Å². The van der Waals surface area contributed by atoms with Crippen molar-refractivity contribution in [2.75, 3.05) is 0 Å². The fourth-order valence-corrected chi connectivity index (χ4v) is 0. The van der Waals surface area contributed by atoms with Crippen LogP contribution < -0.4 is 41.6 Å². The van der Waals surface area contributed by atoms with Crippen molar-refractivity contribution in [3.63, 3.8) is 0 Å².